The molecular weight excluding hydrogens is 363 g/mol. The minimum atomic E-state index is -4.47. The van der Waals surface area contributed by atoms with Crippen molar-refractivity contribution in [1.29, 1.82) is 0 Å². The zero-order valence-electron chi connectivity index (χ0n) is 12.3. The summed E-state index contributed by atoms with van der Waals surface area (Å²) >= 11 is 1.01. The molecule has 0 fully saturated rings. The van der Waals surface area contributed by atoms with Crippen LogP contribution in [0.25, 0.3) is 11.4 Å². The van der Waals surface area contributed by atoms with Crippen molar-refractivity contribution in [3.63, 3.8) is 0 Å². The Hall–Kier alpha value is -2.42. The SMILES string of the molecule is Fc1ccc(SCc2nc(-c3cccc(C(F)(F)F)c3)no2)c(F)c1. The van der Waals surface area contributed by atoms with Crippen LogP contribution >= 0.6 is 11.8 Å². The van der Waals surface area contributed by atoms with Gasteiger partial charge in [0.15, 0.2) is 0 Å². The third-order valence-electron chi connectivity index (χ3n) is 3.16. The number of thioether (sulfide) groups is 1. The number of halogens is 5. The van der Waals surface area contributed by atoms with E-state index in [4.69, 9.17) is 4.52 Å². The number of hydrogen-bond donors (Lipinski definition) is 0. The quantitative estimate of drug-likeness (QED) is 0.459. The number of alkyl halides is 3. The van der Waals surface area contributed by atoms with Gasteiger partial charge in [0.25, 0.3) is 0 Å². The zero-order valence-corrected chi connectivity index (χ0v) is 13.2. The summed E-state index contributed by atoms with van der Waals surface area (Å²) < 4.78 is 69.6. The first-order valence-corrected chi connectivity index (χ1v) is 7.89. The van der Waals surface area contributed by atoms with Crippen LogP contribution in [0.15, 0.2) is 51.9 Å². The normalized spacial score (nSPS) is 11.7. The van der Waals surface area contributed by atoms with Gasteiger partial charge in [-0.05, 0) is 24.3 Å². The van der Waals surface area contributed by atoms with Crippen LogP contribution in [0.1, 0.15) is 11.5 Å². The molecule has 1 heterocycles. The fraction of sp³-hybridized carbons (Fsp3) is 0.125. The third kappa shape index (κ3) is 4.16. The van der Waals surface area contributed by atoms with E-state index in [1.165, 1.54) is 18.2 Å². The number of benzene rings is 2. The number of hydrogen-bond acceptors (Lipinski definition) is 4. The Balaban J connectivity index is 1.74. The van der Waals surface area contributed by atoms with E-state index >= 15 is 0 Å². The monoisotopic (exact) mass is 372 g/mol. The minimum Gasteiger partial charge on any atom is -0.338 e. The van der Waals surface area contributed by atoms with Gasteiger partial charge < -0.3 is 4.52 Å². The van der Waals surface area contributed by atoms with E-state index in [-0.39, 0.29) is 27.9 Å². The predicted molar refractivity (Wildman–Crippen MR) is 80.7 cm³/mol. The van der Waals surface area contributed by atoms with Crippen molar-refractivity contribution in [2.45, 2.75) is 16.8 Å². The Morgan fingerprint density at radius 2 is 1.84 bits per heavy atom. The standard InChI is InChI=1S/C16H9F5N2OS/c17-11-4-5-13(12(18)7-11)25-8-14-22-15(23-24-14)9-2-1-3-10(6-9)16(19,20)21/h1-7H,8H2. The molecule has 3 rings (SSSR count). The molecule has 3 nitrogen and oxygen atoms in total. The molecule has 0 aliphatic rings. The molecule has 0 aliphatic heterocycles. The highest BCUT2D eigenvalue weighted by Gasteiger charge is 2.30. The second-order valence-electron chi connectivity index (χ2n) is 4.95. The molecule has 0 unspecified atom stereocenters. The molecule has 9 heteroatoms. The van der Waals surface area contributed by atoms with Crippen molar-refractivity contribution in [2.24, 2.45) is 0 Å². The van der Waals surface area contributed by atoms with Crippen LogP contribution in [0.5, 0.6) is 0 Å². The highest BCUT2D eigenvalue weighted by Crippen LogP contribution is 2.32. The van der Waals surface area contributed by atoms with Crippen LogP contribution < -0.4 is 0 Å². The second-order valence-corrected chi connectivity index (χ2v) is 5.97. The fourth-order valence-corrected chi connectivity index (χ4v) is 2.75. The molecule has 2 aromatic carbocycles. The minimum absolute atomic E-state index is 0.00118. The Morgan fingerprint density at radius 3 is 2.56 bits per heavy atom. The summed E-state index contributed by atoms with van der Waals surface area (Å²) in [6, 6.07) is 7.68. The summed E-state index contributed by atoms with van der Waals surface area (Å²) in [6.45, 7) is 0. The Kier molecular flexibility index (Phi) is 4.76. The van der Waals surface area contributed by atoms with Crippen LogP contribution in [0, 0.1) is 11.6 Å². The van der Waals surface area contributed by atoms with E-state index in [1.54, 1.807) is 0 Å². The number of aromatic nitrogens is 2. The molecule has 0 aliphatic carbocycles. The van der Waals surface area contributed by atoms with Crippen LogP contribution in [0.4, 0.5) is 22.0 Å². The zero-order chi connectivity index (χ0) is 18.0. The molecule has 0 saturated heterocycles. The van der Waals surface area contributed by atoms with Crippen molar-refractivity contribution < 1.29 is 26.5 Å². The molecule has 0 N–H and O–H groups in total. The van der Waals surface area contributed by atoms with Gasteiger partial charge in [0.05, 0.1) is 11.3 Å². The van der Waals surface area contributed by atoms with Gasteiger partial charge >= 0.3 is 6.18 Å². The largest absolute Gasteiger partial charge is 0.416 e. The van der Waals surface area contributed by atoms with E-state index < -0.39 is 23.4 Å². The van der Waals surface area contributed by atoms with E-state index in [0.717, 1.165) is 36.0 Å². The Bertz CT molecular complexity index is 894. The highest BCUT2D eigenvalue weighted by molar-refractivity contribution is 7.98. The molecule has 1 aromatic heterocycles. The lowest BCUT2D eigenvalue weighted by molar-refractivity contribution is -0.137. The first kappa shape index (κ1) is 17.4. The molecule has 0 spiro atoms. The van der Waals surface area contributed by atoms with Crippen LogP contribution in [0.2, 0.25) is 0 Å². The summed E-state index contributed by atoms with van der Waals surface area (Å²) in [7, 11) is 0. The number of nitrogens with zero attached hydrogens (tertiary/aromatic N) is 2. The second kappa shape index (κ2) is 6.83. The summed E-state index contributed by atoms with van der Waals surface area (Å²) in [4.78, 5) is 4.20. The van der Waals surface area contributed by atoms with E-state index in [0.29, 0.717) is 0 Å². The average Bonchev–Trinajstić information content (AvgIpc) is 3.02. The molecule has 0 atom stereocenters. The molecule has 0 bridgehead atoms. The van der Waals surface area contributed by atoms with Crippen molar-refractivity contribution >= 4 is 11.8 Å². The lowest BCUT2D eigenvalue weighted by atomic mass is 10.1. The number of rotatable bonds is 4. The van der Waals surface area contributed by atoms with Crippen LogP contribution in [-0.4, -0.2) is 10.1 Å². The summed E-state index contributed by atoms with van der Waals surface area (Å²) in [6.07, 6.45) is -4.47. The van der Waals surface area contributed by atoms with E-state index in [2.05, 4.69) is 10.1 Å². The first-order valence-electron chi connectivity index (χ1n) is 6.91. The fourth-order valence-electron chi connectivity index (χ4n) is 2.00. The Morgan fingerprint density at radius 1 is 1.04 bits per heavy atom. The predicted octanol–water partition coefficient (Wildman–Crippen LogP) is 5.33. The summed E-state index contributed by atoms with van der Waals surface area (Å²) in [5.41, 5.74) is -0.665. The maximum Gasteiger partial charge on any atom is 0.416 e. The van der Waals surface area contributed by atoms with Gasteiger partial charge in [-0.15, -0.1) is 11.8 Å². The maximum atomic E-state index is 13.5. The van der Waals surface area contributed by atoms with Crippen molar-refractivity contribution in [1.82, 2.24) is 10.1 Å². The smallest absolute Gasteiger partial charge is 0.338 e. The molecule has 25 heavy (non-hydrogen) atoms. The van der Waals surface area contributed by atoms with Crippen molar-refractivity contribution in [3.8, 4) is 11.4 Å². The molecule has 3 aromatic rings. The van der Waals surface area contributed by atoms with Gasteiger partial charge in [0.2, 0.25) is 11.7 Å². The lowest BCUT2D eigenvalue weighted by Crippen LogP contribution is -2.04. The average molecular weight is 372 g/mol. The maximum absolute atomic E-state index is 13.5. The van der Waals surface area contributed by atoms with Gasteiger partial charge in [0, 0.05) is 16.5 Å². The summed E-state index contributed by atoms with van der Waals surface area (Å²) in [5, 5.41) is 3.64. The third-order valence-corrected chi connectivity index (χ3v) is 4.19. The van der Waals surface area contributed by atoms with Gasteiger partial charge in [0.1, 0.15) is 11.6 Å². The molecule has 0 amide bonds. The highest BCUT2D eigenvalue weighted by atomic mass is 32.2. The van der Waals surface area contributed by atoms with Crippen LogP contribution in [-0.2, 0) is 11.9 Å². The van der Waals surface area contributed by atoms with Gasteiger partial charge in [-0.2, -0.15) is 18.2 Å². The Labute approximate surface area is 142 Å². The first-order chi connectivity index (χ1) is 11.8. The van der Waals surface area contributed by atoms with Crippen molar-refractivity contribution in [2.75, 3.05) is 0 Å². The lowest BCUT2D eigenvalue weighted by Gasteiger charge is -2.06. The van der Waals surface area contributed by atoms with E-state index in [9.17, 15) is 22.0 Å². The van der Waals surface area contributed by atoms with Gasteiger partial charge in [-0.25, -0.2) is 8.78 Å². The van der Waals surface area contributed by atoms with Crippen LogP contribution in [0.3, 0.4) is 0 Å². The van der Waals surface area contributed by atoms with E-state index in [1.807, 2.05) is 0 Å². The summed E-state index contributed by atoms with van der Waals surface area (Å²) in [5.74, 6) is -1.20. The molecule has 130 valence electrons. The van der Waals surface area contributed by atoms with Gasteiger partial charge in [-0.3, -0.25) is 0 Å². The molecule has 0 saturated carbocycles. The molecule has 0 radical (unpaired) electrons. The molecular formula is C16H9F5N2OS. The van der Waals surface area contributed by atoms with Gasteiger partial charge in [-0.1, -0.05) is 17.3 Å². The topological polar surface area (TPSA) is 38.9 Å². The van der Waals surface area contributed by atoms with Crippen molar-refractivity contribution in [3.05, 3.63) is 65.6 Å².